The zero-order valence-electron chi connectivity index (χ0n) is 16.7. The maximum Gasteiger partial charge on any atom is 0.331 e. The highest BCUT2D eigenvalue weighted by molar-refractivity contribution is 5.85. The minimum absolute atomic E-state index is 0.126. The van der Waals surface area contributed by atoms with Gasteiger partial charge >= 0.3 is 5.97 Å². The van der Waals surface area contributed by atoms with Gasteiger partial charge < -0.3 is 14.9 Å². The van der Waals surface area contributed by atoms with E-state index in [0.717, 1.165) is 56.9 Å². The lowest BCUT2D eigenvalue weighted by Crippen LogP contribution is -2.62. The third kappa shape index (κ3) is 2.32. The van der Waals surface area contributed by atoms with Crippen molar-refractivity contribution in [2.45, 2.75) is 83.3 Å². The second-order valence-electron chi connectivity index (χ2n) is 10.7. The predicted octanol–water partition coefficient (Wildman–Crippen LogP) is 3.60. The van der Waals surface area contributed by atoms with E-state index in [4.69, 9.17) is 4.74 Å². The maximum absolute atomic E-state index is 12.1. The molecule has 0 radical (unpaired) electrons. The molecule has 0 spiro atoms. The molecule has 0 aromatic rings. The van der Waals surface area contributed by atoms with Crippen molar-refractivity contribution in [3.05, 3.63) is 11.6 Å². The number of hydrogen-bond acceptors (Lipinski definition) is 4. The Kier molecular flexibility index (Phi) is 3.92. The van der Waals surface area contributed by atoms with Crippen molar-refractivity contribution in [1.82, 2.24) is 0 Å². The monoisotopic (exact) mass is 374 g/mol. The summed E-state index contributed by atoms with van der Waals surface area (Å²) in [4.78, 5) is 11.6. The van der Waals surface area contributed by atoms with Gasteiger partial charge in [-0.1, -0.05) is 13.8 Å². The number of ether oxygens (including phenoxy) is 1. The second kappa shape index (κ2) is 5.82. The van der Waals surface area contributed by atoms with Crippen LogP contribution in [0.1, 0.15) is 71.6 Å². The van der Waals surface area contributed by atoms with Crippen molar-refractivity contribution < 1.29 is 19.7 Å². The summed E-state index contributed by atoms with van der Waals surface area (Å²) < 4.78 is 5.20. The van der Waals surface area contributed by atoms with E-state index in [1.54, 1.807) is 6.08 Å². The first kappa shape index (κ1) is 18.2. The van der Waals surface area contributed by atoms with E-state index < -0.39 is 5.60 Å². The van der Waals surface area contributed by atoms with E-state index in [0.29, 0.717) is 24.4 Å². The lowest BCUT2D eigenvalue weighted by Gasteiger charge is -2.63. The van der Waals surface area contributed by atoms with Gasteiger partial charge in [-0.15, -0.1) is 0 Å². The molecule has 1 heterocycles. The normalized spacial score (nSPS) is 54.6. The van der Waals surface area contributed by atoms with Crippen LogP contribution in [-0.4, -0.2) is 34.5 Å². The molecule has 4 aliphatic carbocycles. The van der Waals surface area contributed by atoms with Crippen molar-refractivity contribution >= 4 is 5.97 Å². The van der Waals surface area contributed by atoms with Gasteiger partial charge in [0.25, 0.3) is 0 Å². The van der Waals surface area contributed by atoms with Crippen LogP contribution in [-0.2, 0) is 9.53 Å². The Labute approximate surface area is 162 Å². The van der Waals surface area contributed by atoms with Crippen LogP contribution in [0.15, 0.2) is 11.6 Å². The van der Waals surface area contributed by atoms with E-state index in [2.05, 4.69) is 13.8 Å². The van der Waals surface area contributed by atoms with Gasteiger partial charge in [0, 0.05) is 11.5 Å². The van der Waals surface area contributed by atoms with E-state index in [9.17, 15) is 15.0 Å². The van der Waals surface area contributed by atoms with Crippen molar-refractivity contribution in [2.75, 3.05) is 6.61 Å². The number of rotatable bonds is 1. The van der Waals surface area contributed by atoms with Crippen LogP contribution in [0.5, 0.6) is 0 Å². The highest BCUT2D eigenvalue weighted by Gasteiger charge is 2.67. The molecule has 150 valence electrons. The van der Waals surface area contributed by atoms with Crippen molar-refractivity contribution in [3.63, 3.8) is 0 Å². The predicted molar refractivity (Wildman–Crippen MR) is 102 cm³/mol. The minimum atomic E-state index is -0.628. The van der Waals surface area contributed by atoms with Crippen LogP contribution in [0, 0.1) is 34.5 Å². The molecule has 5 unspecified atom stereocenters. The van der Waals surface area contributed by atoms with Crippen molar-refractivity contribution in [3.8, 4) is 0 Å². The largest absolute Gasteiger partial charge is 0.458 e. The average Bonchev–Trinajstić information content (AvgIpc) is 3.16. The van der Waals surface area contributed by atoms with Crippen molar-refractivity contribution in [2.24, 2.45) is 34.5 Å². The fraction of sp³-hybridized carbons (Fsp3) is 0.870. The Hall–Kier alpha value is -0.870. The molecule has 4 saturated carbocycles. The molecule has 5 aliphatic rings. The number of esters is 1. The van der Waals surface area contributed by atoms with Gasteiger partial charge in [0.1, 0.15) is 6.61 Å². The molecule has 27 heavy (non-hydrogen) atoms. The number of carbonyl (C=O) groups excluding carboxylic acids is 1. The fourth-order valence-electron chi connectivity index (χ4n) is 8.39. The molecule has 0 aromatic carbocycles. The highest BCUT2D eigenvalue weighted by Crippen LogP contribution is 2.69. The quantitative estimate of drug-likeness (QED) is 0.688. The number of hydrogen-bond donors (Lipinski definition) is 2. The van der Waals surface area contributed by atoms with Gasteiger partial charge in [0.05, 0.1) is 11.7 Å². The lowest BCUT2D eigenvalue weighted by atomic mass is 9.43. The molecule has 4 heteroatoms. The molecule has 0 amide bonds. The molecule has 0 bridgehead atoms. The van der Waals surface area contributed by atoms with E-state index >= 15 is 0 Å². The van der Waals surface area contributed by atoms with Gasteiger partial charge in [-0.2, -0.15) is 0 Å². The molecule has 2 N–H and O–H groups in total. The molecule has 0 saturated heterocycles. The zero-order valence-corrected chi connectivity index (χ0v) is 16.7. The number of carbonyl (C=O) groups is 1. The van der Waals surface area contributed by atoms with Gasteiger partial charge in [0.2, 0.25) is 0 Å². The van der Waals surface area contributed by atoms with Crippen LogP contribution in [0.25, 0.3) is 0 Å². The summed E-state index contributed by atoms with van der Waals surface area (Å²) >= 11 is 0. The van der Waals surface area contributed by atoms with Crippen LogP contribution < -0.4 is 0 Å². The Morgan fingerprint density at radius 2 is 1.85 bits per heavy atom. The molecule has 0 aromatic heterocycles. The molecular formula is C23H34O4. The topological polar surface area (TPSA) is 66.8 Å². The second-order valence-corrected chi connectivity index (χ2v) is 10.7. The first-order valence-electron chi connectivity index (χ1n) is 11.1. The average molecular weight is 375 g/mol. The molecule has 4 fully saturated rings. The summed E-state index contributed by atoms with van der Waals surface area (Å²) in [7, 11) is 0. The summed E-state index contributed by atoms with van der Waals surface area (Å²) in [6.45, 7) is 5.15. The smallest absolute Gasteiger partial charge is 0.331 e. The van der Waals surface area contributed by atoms with Gasteiger partial charge in [-0.05, 0) is 92.4 Å². The Bertz CT molecular complexity index is 686. The van der Waals surface area contributed by atoms with Gasteiger partial charge in [0.15, 0.2) is 0 Å². The van der Waals surface area contributed by atoms with Crippen molar-refractivity contribution in [1.29, 1.82) is 0 Å². The number of aliphatic hydroxyl groups excluding tert-OH is 1. The minimum Gasteiger partial charge on any atom is -0.458 e. The standard InChI is InChI=1S/C23H34O4/c1-21-8-5-16(24)12-15(21)3-4-19-18(21)6-9-22(2)17(7-10-23(19,22)26)14-11-20(25)27-13-14/h11,15-19,24,26H,3-10,12-13H2,1-2H3/t15-,16?,17-,18?,19?,21+,22?,23?/m1/s1. The number of cyclic esters (lactones) is 1. The van der Waals surface area contributed by atoms with Gasteiger partial charge in [-0.3, -0.25) is 0 Å². The molecule has 4 nitrogen and oxygen atoms in total. The van der Waals surface area contributed by atoms with Crippen LogP contribution in [0.4, 0.5) is 0 Å². The van der Waals surface area contributed by atoms with Crippen LogP contribution >= 0.6 is 0 Å². The Morgan fingerprint density at radius 3 is 2.59 bits per heavy atom. The maximum atomic E-state index is 12.1. The molecular weight excluding hydrogens is 340 g/mol. The highest BCUT2D eigenvalue weighted by atomic mass is 16.5. The molecule has 1 aliphatic heterocycles. The summed E-state index contributed by atoms with van der Waals surface area (Å²) in [5, 5.41) is 22.3. The van der Waals surface area contributed by atoms with E-state index in [1.165, 1.54) is 6.42 Å². The van der Waals surface area contributed by atoms with Crippen LogP contribution in [0.2, 0.25) is 0 Å². The first-order valence-corrected chi connectivity index (χ1v) is 11.1. The van der Waals surface area contributed by atoms with Gasteiger partial charge in [-0.25, -0.2) is 4.79 Å². The summed E-state index contributed by atoms with van der Waals surface area (Å²) in [5.74, 6) is 1.59. The zero-order chi connectivity index (χ0) is 19.0. The van der Waals surface area contributed by atoms with E-state index in [-0.39, 0.29) is 28.8 Å². The molecule has 5 rings (SSSR count). The Morgan fingerprint density at radius 1 is 1.04 bits per heavy atom. The summed E-state index contributed by atoms with van der Waals surface area (Å²) in [6.07, 6.45) is 10.8. The molecule has 8 atom stereocenters. The first-order chi connectivity index (χ1) is 12.8. The van der Waals surface area contributed by atoms with E-state index in [1.807, 2.05) is 0 Å². The number of fused-ring (bicyclic) bond motifs is 5. The fourth-order valence-corrected chi connectivity index (χ4v) is 8.39. The third-order valence-electron chi connectivity index (χ3n) is 9.96. The number of aliphatic hydroxyl groups is 2. The SMILES string of the molecule is CC12CCC3C(CC[C@@H]4CC(O)CC[C@]34C)C1(O)CC[C@@H]2C1=CC(=O)OC1. The summed E-state index contributed by atoms with van der Waals surface area (Å²) in [6, 6.07) is 0. The third-order valence-corrected chi connectivity index (χ3v) is 9.96. The summed E-state index contributed by atoms with van der Waals surface area (Å²) in [5.41, 5.74) is 0.600. The van der Waals surface area contributed by atoms with Crippen LogP contribution in [0.3, 0.4) is 0 Å². The Balaban J connectivity index is 1.47. The lowest BCUT2D eigenvalue weighted by molar-refractivity contribution is -0.208.